The summed E-state index contributed by atoms with van der Waals surface area (Å²) in [5.74, 6) is 1.79. The van der Waals surface area contributed by atoms with Gasteiger partial charge in [-0.3, -0.25) is 4.57 Å². The van der Waals surface area contributed by atoms with E-state index < -0.39 is 0 Å². The molecule has 0 N–H and O–H groups in total. The molecule has 272 valence electrons. The Kier molecular flexibility index (Phi) is 5.93. The first kappa shape index (κ1) is 31.0. The van der Waals surface area contributed by atoms with E-state index in [-0.39, 0.29) is 0 Å². The standard InChI is InChI=1S/C53H29N5O/c1-2-13-33(14-3-1)57-40-20-7-6-16-35(40)36-26-23-32(29-43(36)57)51-54-52(39-19-8-12-30-11-4-5-15-34(30)39)56-53(55-51)58-41-21-9-17-37-38-18-10-22-44-48(38)50-45(59-44)28-25-31-24-27-42(58)49(46(31)50)47(37)41/h1-29H. The molecular weight excluding hydrogens is 723 g/mol. The third kappa shape index (κ3) is 4.11. The van der Waals surface area contributed by atoms with Crippen LogP contribution in [-0.2, 0) is 0 Å². The SMILES string of the molecule is c1ccc(-n2c3ccccc3c3ccc(-c4nc(-c5cccc6ccccc56)nc(-n5c6cccc7c6c6c8c(ccc9oc%10cccc-7c%10c98)ccc65)n4)cc32)cc1. The highest BCUT2D eigenvalue weighted by atomic mass is 16.3. The Morgan fingerprint density at radius 3 is 1.97 bits per heavy atom. The summed E-state index contributed by atoms with van der Waals surface area (Å²) in [4.78, 5) is 16.2. The maximum atomic E-state index is 6.52. The van der Waals surface area contributed by atoms with Crippen LogP contribution in [0.1, 0.15) is 0 Å². The van der Waals surface area contributed by atoms with E-state index in [4.69, 9.17) is 19.4 Å². The van der Waals surface area contributed by atoms with Gasteiger partial charge in [0.1, 0.15) is 11.2 Å². The number of hydrogen-bond acceptors (Lipinski definition) is 4. The average Bonchev–Trinajstić information content (AvgIpc) is 3.93. The van der Waals surface area contributed by atoms with Gasteiger partial charge in [-0.25, -0.2) is 4.98 Å². The van der Waals surface area contributed by atoms with E-state index in [9.17, 15) is 0 Å². The molecule has 13 aromatic rings. The normalized spacial score (nSPS) is 12.4. The van der Waals surface area contributed by atoms with Crippen LogP contribution in [0.4, 0.5) is 0 Å². The molecule has 1 aliphatic carbocycles. The summed E-state index contributed by atoms with van der Waals surface area (Å²) >= 11 is 0. The Balaban J connectivity index is 1.11. The lowest BCUT2D eigenvalue weighted by Gasteiger charge is -2.13. The Hall–Kier alpha value is -8.09. The van der Waals surface area contributed by atoms with Gasteiger partial charge in [0.2, 0.25) is 5.95 Å². The monoisotopic (exact) mass is 751 g/mol. The molecule has 59 heavy (non-hydrogen) atoms. The maximum Gasteiger partial charge on any atom is 0.238 e. The molecule has 14 rings (SSSR count). The molecular formula is C53H29N5O. The molecule has 0 spiro atoms. The number of fused-ring (bicyclic) bond motifs is 5. The second kappa shape index (κ2) is 11.3. The average molecular weight is 752 g/mol. The number of para-hydroxylation sites is 2. The van der Waals surface area contributed by atoms with Crippen LogP contribution in [0, 0.1) is 0 Å². The first-order chi connectivity index (χ1) is 29.3. The third-order valence-corrected chi connectivity index (χ3v) is 12.5. The van der Waals surface area contributed by atoms with Crippen molar-refractivity contribution in [2.75, 3.05) is 0 Å². The van der Waals surface area contributed by atoms with Gasteiger partial charge in [0, 0.05) is 54.5 Å². The lowest BCUT2D eigenvalue weighted by Crippen LogP contribution is -2.06. The van der Waals surface area contributed by atoms with Crippen molar-refractivity contribution in [2.45, 2.75) is 0 Å². The fourth-order valence-electron chi connectivity index (χ4n) is 10.0. The zero-order valence-electron chi connectivity index (χ0n) is 31.4. The van der Waals surface area contributed by atoms with E-state index in [1.165, 1.54) is 48.8 Å². The second-order valence-electron chi connectivity index (χ2n) is 15.5. The quantitative estimate of drug-likeness (QED) is 0.180. The van der Waals surface area contributed by atoms with Crippen LogP contribution in [-0.4, -0.2) is 24.1 Å². The summed E-state index contributed by atoms with van der Waals surface area (Å²) in [6, 6.07) is 62.3. The Bertz CT molecular complexity index is 3960. The van der Waals surface area contributed by atoms with E-state index in [1.54, 1.807) is 0 Å². The van der Waals surface area contributed by atoms with Gasteiger partial charge < -0.3 is 8.98 Å². The molecule has 0 atom stereocenters. The highest BCUT2D eigenvalue weighted by Crippen LogP contribution is 2.50. The molecule has 4 heterocycles. The van der Waals surface area contributed by atoms with Gasteiger partial charge in [0.15, 0.2) is 11.6 Å². The highest BCUT2D eigenvalue weighted by Gasteiger charge is 2.27. The number of furan rings is 1. The van der Waals surface area contributed by atoms with E-state index in [0.717, 1.165) is 66.2 Å². The van der Waals surface area contributed by atoms with Crippen molar-refractivity contribution >= 4 is 87.1 Å². The van der Waals surface area contributed by atoms with Crippen molar-refractivity contribution in [1.29, 1.82) is 0 Å². The van der Waals surface area contributed by atoms with Crippen LogP contribution in [0.15, 0.2) is 180 Å². The minimum absolute atomic E-state index is 0.566. The fourth-order valence-corrected chi connectivity index (χ4v) is 10.0. The molecule has 6 nitrogen and oxygen atoms in total. The summed E-state index contributed by atoms with van der Waals surface area (Å²) < 4.78 is 11.1. The number of nitrogens with zero attached hydrogens (tertiary/aromatic N) is 5. The molecule has 1 aliphatic rings. The second-order valence-corrected chi connectivity index (χ2v) is 15.5. The molecule has 0 fully saturated rings. The van der Waals surface area contributed by atoms with Crippen molar-refractivity contribution in [3.05, 3.63) is 176 Å². The first-order valence-electron chi connectivity index (χ1n) is 19.9. The van der Waals surface area contributed by atoms with Crippen molar-refractivity contribution < 1.29 is 4.42 Å². The Morgan fingerprint density at radius 1 is 0.356 bits per heavy atom. The van der Waals surface area contributed by atoms with Crippen LogP contribution >= 0.6 is 0 Å². The molecule has 0 saturated heterocycles. The summed E-state index contributed by atoms with van der Waals surface area (Å²) in [5, 5.41) is 11.7. The number of rotatable bonds is 4. The predicted molar refractivity (Wildman–Crippen MR) is 241 cm³/mol. The highest BCUT2D eigenvalue weighted by molar-refractivity contribution is 6.37. The van der Waals surface area contributed by atoms with Gasteiger partial charge in [-0.2, -0.15) is 9.97 Å². The Morgan fingerprint density at radius 2 is 1.03 bits per heavy atom. The van der Waals surface area contributed by atoms with E-state index in [0.29, 0.717) is 17.6 Å². The van der Waals surface area contributed by atoms with Crippen LogP contribution in [0.5, 0.6) is 0 Å². The summed E-state index contributed by atoms with van der Waals surface area (Å²) in [7, 11) is 0. The van der Waals surface area contributed by atoms with Gasteiger partial charge in [-0.15, -0.1) is 0 Å². The minimum Gasteiger partial charge on any atom is -0.456 e. The largest absolute Gasteiger partial charge is 0.456 e. The number of aromatic nitrogens is 5. The Labute approximate surface area is 335 Å². The molecule has 0 saturated carbocycles. The van der Waals surface area contributed by atoms with Crippen LogP contribution < -0.4 is 0 Å². The molecule has 0 amide bonds. The number of hydrogen-bond donors (Lipinski definition) is 0. The lowest BCUT2D eigenvalue weighted by molar-refractivity contribution is 0.669. The number of benzene rings is 9. The molecule has 0 radical (unpaired) electrons. The summed E-state index contributed by atoms with van der Waals surface area (Å²) in [6.45, 7) is 0. The lowest BCUT2D eigenvalue weighted by atomic mass is 9.98. The first-order valence-corrected chi connectivity index (χ1v) is 19.9. The van der Waals surface area contributed by atoms with Crippen LogP contribution in [0.3, 0.4) is 0 Å². The predicted octanol–water partition coefficient (Wildman–Crippen LogP) is 13.6. The third-order valence-electron chi connectivity index (χ3n) is 12.5. The molecule has 6 heteroatoms. The van der Waals surface area contributed by atoms with Crippen molar-refractivity contribution in [1.82, 2.24) is 24.1 Å². The molecule has 0 aliphatic heterocycles. The topological polar surface area (TPSA) is 61.7 Å². The van der Waals surface area contributed by atoms with Gasteiger partial charge in [-0.1, -0.05) is 127 Å². The summed E-state index contributed by atoms with van der Waals surface area (Å²) in [5.41, 5.74) is 11.4. The van der Waals surface area contributed by atoms with Crippen LogP contribution in [0.2, 0.25) is 0 Å². The molecule has 9 aromatic carbocycles. The summed E-state index contributed by atoms with van der Waals surface area (Å²) in [6.07, 6.45) is 0. The maximum absolute atomic E-state index is 6.52. The molecule has 4 aromatic heterocycles. The molecule has 0 bridgehead atoms. The van der Waals surface area contributed by atoms with E-state index in [1.807, 2.05) is 0 Å². The van der Waals surface area contributed by atoms with E-state index >= 15 is 0 Å². The zero-order valence-corrected chi connectivity index (χ0v) is 31.4. The zero-order chi connectivity index (χ0) is 38.3. The van der Waals surface area contributed by atoms with Gasteiger partial charge in [0.25, 0.3) is 0 Å². The minimum atomic E-state index is 0.566. The van der Waals surface area contributed by atoms with Gasteiger partial charge in [0.05, 0.1) is 22.1 Å². The smallest absolute Gasteiger partial charge is 0.238 e. The van der Waals surface area contributed by atoms with E-state index in [2.05, 4.69) is 185 Å². The van der Waals surface area contributed by atoms with Crippen molar-refractivity contribution in [2.24, 2.45) is 0 Å². The van der Waals surface area contributed by atoms with Crippen molar-refractivity contribution in [3.8, 4) is 45.5 Å². The fraction of sp³-hybridized carbons (Fsp3) is 0. The molecule has 0 unspecified atom stereocenters. The van der Waals surface area contributed by atoms with Crippen LogP contribution in [0.25, 0.3) is 133 Å². The van der Waals surface area contributed by atoms with Gasteiger partial charge in [-0.05, 0) is 75.8 Å². The van der Waals surface area contributed by atoms with Gasteiger partial charge >= 0.3 is 0 Å². The van der Waals surface area contributed by atoms with Crippen molar-refractivity contribution in [3.63, 3.8) is 0 Å².